The molecule has 0 saturated heterocycles. The van der Waals surface area contributed by atoms with Crippen molar-refractivity contribution in [3.8, 4) is 0 Å². The Morgan fingerprint density at radius 3 is 2.42 bits per heavy atom. The Morgan fingerprint density at radius 1 is 1.32 bits per heavy atom. The summed E-state index contributed by atoms with van der Waals surface area (Å²) in [6, 6.07) is 4.69. The van der Waals surface area contributed by atoms with Gasteiger partial charge in [-0.25, -0.2) is 0 Å². The van der Waals surface area contributed by atoms with Gasteiger partial charge in [-0.1, -0.05) is 30.1 Å². The topological polar surface area (TPSA) is 55.4 Å². The molecule has 1 fully saturated rings. The monoisotopic (exact) mass is 301 g/mol. The Bertz CT molecular complexity index is 498. The maximum Gasteiger partial charge on any atom is 0.309 e. The molecule has 1 amide bonds. The first-order chi connectivity index (χ1) is 8.95. The molecule has 0 radical (unpaired) electrons. The number of nitrogens with one attached hydrogen (secondary N) is 1. The molecule has 2 rings (SSSR count). The number of amides is 1. The lowest BCUT2D eigenvalue weighted by molar-refractivity contribution is -0.148. The molecule has 0 aliphatic heterocycles. The van der Waals surface area contributed by atoms with Crippen LogP contribution in [0.4, 0.5) is 5.69 Å². The van der Waals surface area contributed by atoms with E-state index in [9.17, 15) is 9.59 Å². The van der Waals surface area contributed by atoms with E-state index < -0.39 is 5.91 Å². The molecule has 0 spiro atoms. The number of ether oxygens (including phenoxy) is 1. The van der Waals surface area contributed by atoms with Gasteiger partial charge in [0, 0.05) is 15.7 Å². The number of carbonyl (C=O) groups is 2. The number of hydrogen-bond acceptors (Lipinski definition) is 3. The number of rotatable bonds is 4. The highest BCUT2D eigenvalue weighted by molar-refractivity contribution is 6.35. The van der Waals surface area contributed by atoms with Gasteiger partial charge in [0.05, 0.1) is 5.92 Å². The van der Waals surface area contributed by atoms with Crippen LogP contribution in [0.25, 0.3) is 0 Å². The van der Waals surface area contributed by atoms with Crippen molar-refractivity contribution in [1.29, 1.82) is 0 Å². The summed E-state index contributed by atoms with van der Waals surface area (Å²) >= 11 is 11.6. The van der Waals surface area contributed by atoms with Crippen molar-refractivity contribution in [2.24, 2.45) is 11.8 Å². The molecule has 1 aliphatic rings. The van der Waals surface area contributed by atoms with E-state index in [2.05, 4.69) is 5.32 Å². The average molecular weight is 302 g/mol. The second-order valence-corrected chi connectivity index (χ2v) is 5.51. The van der Waals surface area contributed by atoms with Gasteiger partial charge in [0.1, 0.15) is 0 Å². The zero-order valence-corrected chi connectivity index (χ0v) is 11.8. The number of benzene rings is 1. The van der Waals surface area contributed by atoms with Crippen LogP contribution >= 0.6 is 23.2 Å². The normalized spacial score (nSPS) is 20.8. The predicted octanol–water partition coefficient (Wildman–Crippen LogP) is 3.13. The summed E-state index contributed by atoms with van der Waals surface area (Å²) in [6.07, 6.45) is 0.838. The third kappa shape index (κ3) is 4.11. The number of hydrogen-bond donors (Lipinski definition) is 1. The van der Waals surface area contributed by atoms with Crippen LogP contribution < -0.4 is 5.32 Å². The second-order valence-electron chi connectivity index (χ2n) is 4.63. The first-order valence-electron chi connectivity index (χ1n) is 5.88. The Labute approximate surface area is 121 Å². The fourth-order valence-electron chi connectivity index (χ4n) is 1.72. The average Bonchev–Trinajstić information content (AvgIpc) is 3.02. The largest absolute Gasteiger partial charge is 0.455 e. The quantitative estimate of drug-likeness (QED) is 0.869. The zero-order chi connectivity index (χ0) is 14.0. The van der Waals surface area contributed by atoms with E-state index in [0.717, 1.165) is 6.42 Å². The summed E-state index contributed by atoms with van der Waals surface area (Å²) in [7, 11) is 0. The summed E-state index contributed by atoms with van der Waals surface area (Å²) in [5.41, 5.74) is 0.471. The molecule has 1 saturated carbocycles. The van der Waals surface area contributed by atoms with Crippen molar-refractivity contribution >= 4 is 40.8 Å². The molecular weight excluding hydrogens is 289 g/mol. The summed E-state index contributed by atoms with van der Waals surface area (Å²) in [5.74, 6) is -0.414. The molecule has 2 atom stereocenters. The molecular formula is C13H13Cl2NO3. The van der Waals surface area contributed by atoms with E-state index in [1.165, 1.54) is 0 Å². The molecule has 4 nitrogen and oxygen atoms in total. The molecule has 102 valence electrons. The maximum atomic E-state index is 11.6. The molecule has 1 aliphatic carbocycles. The first-order valence-corrected chi connectivity index (χ1v) is 6.64. The van der Waals surface area contributed by atoms with Crippen molar-refractivity contribution in [3.05, 3.63) is 28.2 Å². The van der Waals surface area contributed by atoms with Gasteiger partial charge in [0.15, 0.2) is 6.61 Å². The van der Waals surface area contributed by atoms with Crippen molar-refractivity contribution < 1.29 is 14.3 Å². The Balaban J connectivity index is 1.82. The van der Waals surface area contributed by atoms with Crippen LogP contribution in [0.2, 0.25) is 10.0 Å². The van der Waals surface area contributed by atoms with Crippen LogP contribution in [0, 0.1) is 11.8 Å². The van der Waals surface area contributed by atoms with Crippen molar-refractivity contribution in [2.45, 2.75) is 13.3 Å². The first kappa shape index (κ1) is 14.2. The molecule has 0 unspecified atom stereocenters. The highest BCUT2D eigenvalue weighted by atomic mass is 35.5. The minimum Gasteiger partial charge on any atom is -0.455 e. The number of anilines is 1. The Hall–Kier alpha value is -1.26. The van der Waals surface area contributed by atoms with Gasteiger partial charge in [0.25, 0.3) is 5.91 Å². The van der Waals surface area contributed by atoms with Crippen molar-refractivity contribution in [3.63, 3.8) is 0 Å². The third-order valence-corrected chi connectivity index (χ3v) is 3.34. The van der Waals surface area contributed by atoms with Crippen LogP contribution in [0.5, 0.6) is 0 Å². The highest BCUT2D eigenvalue weighted by Gasteiger charge is 2.40. The summed E-state index contributed by atoms with van der Waals surface area (Å²) in [5, 5.41) is 3.41. The SMILES string of the molecule is C[C@H]1C[C@@H]1C(=O)OCC(=O)Nc1cc(Cl)cc(Cl)c1. The molecule has 1 aromatic carbocycles. The van der Waals surface area contributed by atoms with Crippen LogP contribution in [0.1, 0.15) is 13.3 Å². The molecule has 0 bridgehead atoms. The fraction of sp³-hybridized carbons (Fsp3) is 0.385. The second kappa shape index (κ2) is 5.80. The van der Waals surface area contributed by atoms with Crippen LogP contribution in [-0.4, -0.2) is 18.5 Å². The van der Waals surface area contributed by atoms with E-state index in [4.69, 9.17) is 27.9 Å². The van der Waals surface area contributed by atoms with Gasteiger partial charge in [-0.3, -0.25) is 9.59 Å². The minimum absolute atomic E-state index is 0.0478. The smallest absolute Gasteiger partial charge is 0.309 e. The molecule has 1 N–H and O–H groups in total. The van der Waals surface area contributed by atoms with Crippen molar-refractivity contribution in [1.82, 2.24) is 0 Å². The van der Waals surface area contributed by atoms with Gasteiger partial charge in [0.2, 0.25) is 0 Å². The molecule has 0 aromatic heterocycles. The zero-order valence-electron chi connectivity index (χ0n) is 10.3. The molecule has 1 aromatic rings. The van der Waals surface area contributed by atoms with Crippen molar-refractivity contribution in [2.75, 3.05) is 11.9 Å². The fourth-order valence-corrected chi connectivity index (χ4v) is 2.24. The van der Waals surface area contributed by atoms with Gasteiger partial charge in [-0.2, -0.15) is 0 Å². The third-order valence-electron chi connectivity index (χ3n) is 2.90. The Kier molecular flexibility index (Phi) is 4.32. The maximum absolute atomic E-state index is 11.6. The number of carbonyl (C=O) groups excluding carboxylic acids is 2. The summed E-state index contributed by atoms with van der Waals surface area (Å²) in [6.45, 7) is 1.67. The lowest BCUT2D eigenvalue weighted by Gasteiger charge is -2.07. The minimum atomic E-state index is -0.417. The summed E-state index contributed by atoms with van der Waals surface area (Å²) < 4.78 is 4.91. The number of esters is 1. The lowest BCUT2D eigenvalue weighted by atomic mass is 10.3. The molecule has 6 heteroatoms. The molecule has 19 heavy (non-hydrogen) atoms. The van der Waals surface area contributed by atoms with Crippen LogP contribution in [-0.2, 0) is 14.3 Å². The van der Waals surface area contributed by atoms with Gasteiger partial charge >= 0.3 is 5.97 Å². The summed E-state index contributed by atoms with van der Waals surface area (Å²) in [4.78, 5) is 23.0. The lowest BCUT2D eigenvalue weighted by Crippen LogP contribution is -2.21. The van der Waals surface area contributed by atoms with E-state index in [0.29, 0.717) is 21.7 Å². The van der Waals surface area contributed by atoms with Crippen LogP contribution in [0.3, 0.4) is 0 Å². The number of halogens is 2. The van der Waals surface area contributed by atoms with E-state index in [1.54, 1.807) is 18.2 Å². The standard InChI is InChI=1S/C13H13Cl2NO3/c1-7-2-11(7)13(18)19-6-12(17)16-10-4-8(14)3-9(15)5-10/h3-5,7,11H,2,6H2,1H3,(H,16,17)/t7-,11-/m0/s1. The van der Waals surface area contributed by atoms with E-state index in [1.807, 2.05) is 6.92 Å². The van der Waals surface area contributed by atoms with Gasteiger partial charge in [-0.15, -0.1) is 0 Å². The van der Waals surface area contributed by atoms with E-state index >= 15 is 0 Å². The van der Waals surface area contributed by atoms with Crippen LogP contribution in [0.15, 0.2) is 18.2 Å². The van der Waals surface area contributed by atoms with E-state index in [-0.39, 0.29) is 18.5 Å². The van der Waals surface area contributed by atoms with Gasteiger partial charge < -0.3 is 10.1 Å². The van der Waals surface area contributed by atoms with Gasteiger partial charge in [-0.05, 0) is 30.5 Å². The highest BCUT2D eigenvalue weighted by Crippen LogP contribution is 2.38. The predicted molar refractivity (Wildman–Crippen MR) is 73.3 cm³/mol. The molecule has 0 heterocycles. The Morgan fingerprint density at radius 2 is 1.89 bits per heavy atom.